The molecule has 0 spiro atoms. The maximum absolute atomic E-state index is 14.3. The number of nitrogens with zero attached hydrogens (tertiary/aromatic N) is 4. The largest absolute Gasteiger partial charge is 0.495 e. The molecular formula is C19H19F4N5O. The zero-order valence-corrected chi connectivity index (χ0v) is 15.7. The lowest BCUT2D eigenvalue weighted by Gasteiger charge is -2.17. The number of nitrogens with one attached hydrogen (secondary N) is 1. The quantitative estimate of drug-likeness (QED) is 0.575. The highest BCUT2D eigenvalue weighted by Gasteiger charge is 2.31. The molecule has 0 saturated heterocycles. The lowest BCUT2D eigenvalue weighted by molar-refractivity contribution is -0.137. The molecule has 1 aliphatic rings. The van der Waals surface area contributed by atoms with Crippen molar-refractivity contribution in [3.63, 3.8) is 0 Å². The van der Waals surface area contributed by atoms with Crippen LogP contribution >= 0.6 is 0 Å². The van der Waals surface area contributed by atoms with E-state index in [0.29, 0.717) is 17.5 Å². The molecule has 10 heteroatoms. The molecule has 0 radical (unpaired) electrons. The van der Waals surface area contributed by atoms with Crippen LogP contribution in [0.15, 0.2) is 53.5 Å². The van der Waals surface area contributed by atoms with Crippen LogP contribution in [0.4, 0.5) is 17.6 Å². The van der Waals surface area contributed by atoms with Crippen LogP contribution in [0.2, 0.25) is 0 Å². The second kappa shape index (κ2) is 8.06. The number of halogens is 4. The molecule has 2 atom stereocenters. The van der Waals surface area contributed by atoms with Gasteiger partial charge in [0.1, 0.15) is 17.7 Å². The van der Waals surface area contributed by atoms with Crippen molar-refractivity contribution in [2.45, 2.75) is 38.7 Å². The third-order valence-corrected chi connectivity index (χ3v) is 4.35. The van der Waals surface area contributed by atoms with Gasteiger partial charge in [0.05, 0.1) is 23.5 Å². The number of allylic oxidation sites excluding steroid dienone is 2. The number of benzene rings is 1. The van der Waals surface area contributed by atoms with Crippen molar-refractivity contribution in [2.24, 2.45) is 4.99 Å². The van der Waals surface area contributed by atoms with Gasteiger partial charge in [-0.05, 0) is 31.6 Å². The van der Waals surface area contributed by atoms with Crippen molar-refractivity contribution in [2.75, 3.05) is 0 Å². The molecule has 0 saturated carbocycles. The summed E-state index contributed by atoms with van der Waals surface area (Å²) in [5.74, 6) is -1.07. The highest BCUT2D eigenvalue weighted by atomic mass is 19.4. The van der Waals surface area contributed by atoms with E-state index in [1.165, 1.54) is 17.0 Å². The molecule has 2 aromatic rings. The van der Waals surface area contributed by atoms with Crippen molar-refractivity contribution in [1.29, 1.82) is 0 Å². The van der Waals surface area contributed by atoms with Gasteiger partial charge >= 0.3 is 6.18 Å². The number of hydrogen-bond donors (Lipinski definition) is 2. The maximum atomic E-state index is 14.3. The summed E-state index contributed by atoms with van der Waals surface area (Å²) >= 11 is 0. The summed E-state index contributed by atoms with van der Waals surface area (Å²) in [4.78, 5) is 4.41. The summed E-state index contributed by atoms with van der Waals surface area (Å²) in [7, 11) is 0. The minimum Gasteiger partial charge on any atom is -0.495 e. The van der Waals surface area contributed by atoms with Crippen LogP contribution in [0, 0.1) is 5.82 Å². The SMILES string of the molecule is CC/C=C/C1N=C(c2cn(C(C)c3ccc(C(F)(F)F)cc3F)nn2)C=C(O)N1. The number of aliphatic hydroxyl groups excluding tert-OH is 1. The Morgan fingerprint density at radius 3 is 2.76 bits per heavy atom. The van der Waals surface area contributed by atoms with E-state index in [9.17, 15) is 22.7 Å². The van der Waals surface area contributed by atoms with Crippen molar-refractivity contribution in [3.8, 4) is 0 Å². The number of hydrogen-bond acceptors (Lipinski definition) is 5. The predicted octanol–water partition coefficient (Wildman–Crippen LogP) is 4.13. The van der Waals surface area contributed by atoms with Gasteiger partial charge < -0.3 is 10.4 Å². The second-order valence-electron chi connectivity index (χ2n) is 6.46. The number of alkyl halides is 3. The smallest absolute Gasteiger partial charge is 0.416 e. The van der Waals surface area contributed by atoms with E-state index in [0.717, 1.165) is 18.6 Å². The van der Waals surface area contributed by atoms with E-state index in [1.807, 2.05) is 13.0 Å². The molecule has 154 valence electrons. The van der Waals surface area contributed by atoms with Crippen LogP contribution in [0.25, 0.3) is 0 Å². The molecular weight excluding hydrogens is 390 g/mol. The van der Waals surface area contributed by atoms with E-state index < -0.39 is 29.8 Å². The average Bonchev–Trinajstić information content (AvgIpc) is 3.15. The minimum atomic E-state index is -4.62. The molecule has 0 fully saturated rings. The first-order valence-electron chi connectivity index (χ1n) is 8.89. The van der Waals surface area contributed by atoms with Gasteiger partial charge in [-0.3, -0.25) is 4.99 Å². The lowest BCUT2D eigenvalue weighted by atomic mass is 10.0. The summed E-state index contributed by atoms with van der Waals surface area (Å²) in [6.45, 7) is 3.56. The standard InChI is InChI=1S/C19H19F4N5O/c1-3-4-5-17-24-15(9-18(29)25-17)16-10-28(27-26-16)11(2)13-7-6-12(8-14(13)20)19(21,22)23/h4-11,17,25,29H,3H2,1-2H3/b5-4+. The first-order chi connectivity index (χ1) is 13.7. The first kappa shape index (κ1) is 20.6. The van der Waals surface area contributed by atoms with Gasteiger partial charge in [0, 0.05) is 11.6 Å². The summed E-state index contributed by atoms with van der Waals surface area (Å²) in [6.07, 6.45) is 2.28. The number of rotatable bonds is 5. The highest BCUT2D eigenvalue weighted by Crippen LogP contribution is 2.32. The Balaban J connectivity index is 1.86. The Kier molecular flexibility index (Phi) is 5.71. The van der Waals surface area contributed by atoms with Gasteiger partial charge in [0.15, 0.2) is 5.88 Å². The lowest BCUT2D eigenvalue weighted by Crippen LogP contribution is -2.30. The Morgan fingerprint density at radius 1 is 1.34 bits per heavy atom. The predicted molar refractivity (Wildman–Crippen MR) is 98.8 cm³/mol. The normalized spacial score (nSPS) is 18.3. The number of aromatic nitrogens is 3. The Bertz CT molecular complexity index is 977. The minimum absolute atomic E-state index is 0.0452. The third-order valence-electron chi connectivity index (χ3n) is 4.35. The fourth-order valence-electron chi connectivity index (χ4n) is 2.81. The molecule has 0 bridgehead atoms. The second-order valence-corrected chi connectivity index (χ2v) is 6.46. The van der Waals surface area contributed by atoms with Gasteiger partial charge in [-0.1, -0.05) is 24.3 Å². The molecule has 2 unspecified atom stereocenters. The average molecular weight is 409 g/mol. The van der Waals surface area contributed by atoms with E-state index in [-0.39, 0.29) is 11.4 Å². The topological polar surface area (TPSA) is 75.3 Å². The van der Waals surface area contributed by atoms with E-state index in [4.69, 9.17) is 0 Å². The summed E-state index contributed by atoms with van der Waals surface area (Å²) < 4.78 is 53.8. The highest BCUT2D eigenvalue weighted by molar-refractivity contribution is 6.07. The maximum Gasteiger partial charge on any atom is 0.416 e. The van der Waals surface area contributed by atoms with Gasteiger partial charge in [-0.15, -0.1) is 5.10 Å². The molecule has 0 aliphatic carbocycles. The molecule has 1 aromatic heterocycles. The van der Waals surface area contributed by atoms with E-state index in [1.54, 1.807) is 13.0 Å². The van der Waals surface area contributed by atoms with Crippen LogP contribution in [0.3, 0.4) is 0 Å². The molecule has 0 amide bonds. The van der Waals surface area contributed by atoms with Gasteiger partial charge in [0.2, 0.25) is 0 Å². The summed E-state index contributed by atoms with van der Waals surface area (Å²) in [5.41, 5.74) is -0.296. The van der Waals surface area contributed by atoms with E-state index in [2.05, 4.69) is 20.6 Å². The van der Waals surface area contributed by atoms with Gasteiger partial charge in [-0.2, -0.15) is 13.2 Å². The summed E-state index contributed by atoms with van der Waals surface area (Å²) in [6, 6.07) is 1.68. The third kappa shape index (κ3) is 4.64. The number of aliphatic imine (C=N–C) groups is 1. The van der Waals surface area contributed by atoms with Gasteiger partial charge in [0.25, 0.3) is 0 Å². The van der Waals surface area contributed by atoms with Crippen molar-refractivity contribution >= 4 is 5.71 Å². The number of aliphatic hydroxyl groups is 1. The first-order valence-corrected chi connectivity index (χ1v) is 8.89. The molecule has 29 heavy (non-hydrogen) atoms. The Labute approximate surface area is 164 Å². The molecule has 2 heterocycles. The fraction of sp³-hybridized carbons (Fsp3) is 0.316. The molecule has 1 aromatic carbocycles. The van der Waals surface area contributed by atoms with Gasteiger partial charge in [-0.25, -0.2) is 9.07 Å². The van der Waals surface area contributed by atoms with E-state index >= 15 is 0 Å². The molecule has 6 nitrogen and oxygen atoms in total. The van der Waals surface area contributed by atoms with Crippen LogP contribution in [0.1, 0.15) is 43.1 Å². The van der Waals surface area contributed by atoms with Crippen LogP contribution in [0.5, 0.6) is 0 Å². The Morgan fingerprint density at radius 2 is 2.10 bits per heavy atom. The molecule has 2 N–H and O–H groups in total. The molecule has 1 aliphatic heterocycles. The van der Waals surface area contributed by atoms with Crippen LogP contribution in [-0.4, -0.2) is 32.0 Å². The Hall–Kier alpha value is -3.17. The van der Waals surface area contributed by atoms with Crippen molar-refractivity contribution in [3.05, 3.63) is 71.1 Å². The zero-order chi connectivity index (χ0) is 21.2. The van der Waals surface area contributed by atoms with Crippen molar-refractivity contribution in [1.82, 2.24) is 20.3 Å². The summed E-state index contributed by atoms with van der Waals surface area (Å²) in [5, 5.41) is 20.6. The monoisotopic (exact) mass is 409 g/mol. The van der Waals surface area contributed by atoms with Crippen molar-refractivity contribution < 1.29 is 22.7 Å². The van der Waals surface area contributed by atoms with Crippen LogP contribution < -0.4 is 5.32 Å². The fourth-order valence-corrected chi connectivity index (χ4v) is 2.81. The van der Waals surface area contributed by atoms with Crippen LogP contribution in [-0.2, 0) is 6.18 Å². The zero-order valence-electron chi connectivity index (χ0n) is 15.7. The molecule has 3 rings (SSSR count).